The summed E-state index contributed by atoms with van der Waals surface area (Å²) in [6, 6.07) is 6.15. The summed E-state index contributed by atoms with van der Waals surface area (Å²) in [4.78, 5) is 50.8. The zero-order chi connectivity index (χ0) is 18.7. The molecule has 26 heavy (non-hydrogen) atoms. The first-order chi connectivity index (χ1) is 12.5. The van der Waals surface area contributed by atoms with E-state index in [4.69, 9.17) is 4.74 Å². The van der Waals surface area contributed by atoms with Gasteiger partial charge >= 0.3 is 5.97 Å². The van der Waals surface area contributed by atoms with Crippen molar-refractivity contribution in [3.63, 3.8) is 0 Å². The monoisotopic (exact) mass is 358 g/mol. The number of rotatable bonds is 4. The highest BCUT2D eigenvalue weighted by Gasteiger charge is 2.30. The van der Waals surface area contributed by atoms with Gasteiger partial charge in [0.2, 0.25) is 11.8 Å². The number of ether oxygens (including phenoxy) is 1. The van der Waals surface area contributed by atoms with Crippen molar-refractivity contribution in [2.45, 2.75) is 32.6 Å². The molecule has 0 spiro atoms. The van der Waals surface area contributed by atoms with E-state index in [0.29, 0.717) is 24.7 Å². The molecular formula is C19H22N2O5. The number of carbonyl (C=O) groups excluding carboxylic acids is 4. The molecule has 7 heteroatoms. The van der Waals surface area contributed by atoms with E-state index in [2.05, 4.69) is 6.92 Å². The van der Waals surface area contributed by atoms with Crippen molar-refractivity contribution >= 4 is 29.4 Å². The fourth-order valence-corrected chi connectivity index (χ4v) is 3.20. The van der Waals surface area contributed by atoms with Crippen LogP contribution in [0.5, 0.6) is 0 Å². The minimum absolute atomic E-state index is 0.177. The lowest BCUT2D eigenvalue weighted by molar-refractivity contribution is -0.135. The quantitative estimate of drug-likeness (QED) is 0.605. The van der Waals surface area contributed by atoms with E-state index in [0.717, 1.165) is 17.7 Å². The molecule has 7 nitrogen and oxygen atoms in total. The van der Waals surface area contributed by atoms with E-state index < -0.39 is 5.97 Å². The van der Waals surface area contributed by atoms with Crippen LogP contribution in [-0.4, -0.2) is 48.3 Å². The normalized spacial score (nSPS) is 18.3. The van der Waals surface area contributed by atoms with Gasteiger partial charge in [0, 0.05) is 25.9 Å². The number of esters is 1. The van der Waals surface area contributed by atoms with E-state index in [1.165, 1.54) is 12.1 Å². The van der Waals surface area contributed by atoms with Crippen molar-refractivity contribution in [1.29, 1.82) is 0 Å². The number of hydrogen-bond donors (Lipinski definition) is 0. The molecular weight excluding hydrogens is 336 g/mol. The zero-order valence-electron chi connectivity index (χ0n) is 14.8. The highest BCUT2D eigenvalue weighted by atomic mass is 16.5. The minimum atomic E-state index is -0.648. The summed E-state index contributed by atoms with van der Waals surface area (Å²) in [6.45, 7) is 3.22. The van der Waals surface area contributed by atoms with Crippen LogP contribution in [0, 0.1) is 5.92 Å². The number of benzene rings is 1. The maximum Gasteiger partial charge on any atom is 0.338 e. The average molecular weight is 358 g/mol. The standard InChI is InChI=1S/C19H22N2O5/c1-13-7-9-20(10-8-13)18(24)12-26-19(25)14-3-2-4-15(11-14)21-16(22)5-6-17(21)23/h2-4,11,13H,5-10,12H2,1H3. The molecule has 138 valence electrons. The number of hydrogen-bond acceptors (Lipinski definition) is 5. The van der Waals surface area contributed by atoms with Crippen molar-refractivity contribution in [3.05, 3.63) is 29.8 Å². The average Bonchev–Trinajstić information content (AvgIpc) is 2.98. The molecule has 1 aromatic carbocycles. The highest BCUT2D eigenvalue weighted by Crippen LogP contribution is 2.23. The van der Waals surface area contributed by atoms with Crippen molar-refractivity contribution < 1.29 is 23.9 Å². The molecule has 0 aliphatic carbocycles. The number of amides is 3. The molecule has 0 atom stereocenters. The van der Waals surface area contributed by atoms with Crippen molar-refractivity contribution in [2.24, 2.45) is 5.92 Å². The number of nitrogens with zero attached hydrogens (tertiary/aromatic N) is 2. The smallest absolute Gasteiger partial charge is 0.338 e. The maximum absolute atomic E-state index is 12.2. The van der Waals surface area contributed by atoms with Gasteiger partial charge in [-0.25, -0.2) is 4.79 Å². The lowest BCUT2D eigenvalue weighted by atomic mass is 9.99. The molecule has 2 heterocycles. The summed E-state index contributed by atoms with van der Waals surface area (Å²) in [5, 5.41) is 0. The van der Waals surface area contributed by atoms with Gasteiger partial charge in [-0.2, -0.15) is 0 Å². The van der Waals surface area contributed by atoms with Crippen molar-refractivity contribution in [1.82, 2.24) is 4.90 Å². The van der Waals surface area contributed by atoms with Gasteiger partial charge in [-0.15, -0.1) is 0 Å². The van der Waals surface area contributed by atoms with Crippen LogP contribution >= 0.6 is 0 Å². The molecule has 2 aliphatic rings. The Morgan fingerprint density at radius 3 is 2.42 bits per heavy atom. The molecule has 3 amide bonds. The van der Waals surface area contributed by atoms with E-state index >= 15 is 0 Å². The topological polar surface area (TPSA) is 84.0 Å². The first-order valence-corrected chi connectivity index (χ1v) is 8.86. The molecule has 0 bridgehead atoms. The summed E-state index contributed by atoms with van der Waals surface area (Å²) in [5.74, 6) is -0.804. The number of anilines is 1. The van der Waals surface area contributed by atoms with Gasteiger partial charge in [-0.05, 0) is 37.0 Å². The molecule has 0 unspecified atom stereocenters. The Hall–Kier alpha value is -2.70. The Kier molecular flexibility index (Phi) is 5.35. The van der Waals surface area contributed by atoms with Crippen LogP contribution in [0.2, 0.25) is 0 Å². The predicted molar refractivity (Wildman–Crippen MR) is 93.4 cm³/mol. The van der Waals surface area contributed by atoms with Gasteiger partial charge in [0.1, 0.15) is 0 Å². The van der Waals surface area contributed by atoms with E-state index in [1.807, 2.05) is 0 Å². The Morgan fingerprint density at radius 1 is 1.12 bits per heavy atom. The van der Waals surface area contributed by atoms with Gasteiger partial charge in [0.05, 0.1) is 11.3 Å². The molecule has 0 radical (unpaired) electrons. The fraction of sp³-hybridized carbons (Fsp3) is 0.474. The van der Waals surface area contributed by atoms with Crippen LogP contribution in [0.4, 0.5) is 5.69 Å². The molecule has 0 N–H and O–H groups in total. The minimum Gasteiger partial charge on any atom is -0.452 e. The summed E-state index contributed by atoms with van der Waals surface area (Å²) < 4.78 is 5.12. The lowest BCUT2D eigenvalue weighted by Crippen LogP contribution is -2.40. The Balaban J connectivity index is 1.60. The van der Waals surface area contributed by atoms with Crippen LogP contribution in [0.15, 0.2) is 24.3 Å². The number of carbonyl (C=O) groups is 4. The summed E-state index contributed by atoms with van der Waals surface area (Å²) in [7, 11) is 0. The van der Waals surface area contributed by atoms with Gasteiger partial charge in [-0.3, -0.25) is 19.3 Å². The Labute approximate surface area is 151 Å². The lowest BCUT2D eigenvalue weighted by Gasteiger charge is -2.30. The first kappa shape index (κ1) is 18.1. The fourth-order valence-electron chi connectivity index (χ4n) is 3.20. The van der Waals surface area contributed by atoms with Crippen molar-refractivity contribution in [2.75, 3.05) is 24.6 Å². The third kappa shape index (κ3) is 3.92. The largest absolute Gasteiger partial charge is 0.452 e. The number of piperidine rings is 1. The van der Waals surface area contributed by atoms with Crippen LogP contribution in [0.1, 0.15) is 43.0 Å². The van der Waals surface area contributed by atoms with E-state index in [9.17, 15) is 19.2 Å². The van der Waals surface area contributed by atoms with E-state index in [1.54, 1.807) is 17.0 Å². The van der Waals surface area contributed by atoms with Gasteiger partial charge < -0.3 is 9.64 Å². The maximum atomic E-state index is 12.2. The molecule has 2 fully saturated rings. The summed E-state index contributed by atoms with van der Waals surface area (Å²) in [6.07, 6.45) is 2.27. The second-order valence-corrected chi connectivity index (χ2v) is 6.81. The molecule has 0 aromatic heterocycles. The second-order valence-electron chi connectivity index (χ2n) is 6.81. The van der Waals surface area contributed by atoms with Crippen molar-refractivity contribution in [3.8, 4) is 0 Å². The van der Waals surface area contributed by atoms with Crippen LogP contribution in [-0.2, 0) is 19.1 Å². The van der Waals surface area contributed by atoms with Gasteiger partial charge in [0.25, 0.3) is 5.91 Å². The summed E-state index contributed by atoms with van der Waals surface area (Å²) in [5.41, 5.74) is 0.554. The number of imide groups is 1. The van der Waals surface area contributed by atoms with Crippen LogP contribution in [0.25, 0.3) is 0 Å². The highest BCUT2D eigenvalue weighted by molar-refractivity contribution is 6.20. The van der Waals surface area contributed by atoms with Crippen LogP contribution in [0.3, 0.4) is 0 Å². The van der Waals surface area contributed by atoms with Gasteiger partial charge in [-0.1, -0.05) is 13.0 Å². The Bertz CT molecular complexity index is 721. The SMILES string of the molecule is CC1CCN(C(=O)COC(=O)c2cccc(N3C(=O)CCC3=O)c2)CC1. The predicted octanol–water partition coefficient (Wildman–Crippen LogP) is 1.76. The third-order valence-electron chi connectivity index (χ3n) is 4.85. The zero-order valence-corrected chi connectivity index (χ0v) is 14.8. The Morgan fingerprint density at radius 2 is 1.77 bits per heavy atom. The van der Waals surface area contributed by atoms with E-state index in [-0.39, 0.29) is 42.7 Å². The van der Waals surface area contributed by atoms with Gasteiger partial charge in [0.15, 0.2) is 6.61 Å². The molecule has 2 saturated heterocycles. The second kappa shape index (κ2) is 7.68. The number of likely N-dealkylation sites (tertiary alicyclic amines) is 1. The first-order valence-electron chi connectivity index (χ1n) is 8.86. The molecule has 0 saturated carbocycles. The third-order valence-corrected chi connectivity index (χ3v) is 4.85. The molecule has 1 aromatic rings. The molecule has 3 rings (SSSR count). The summed E-state index contributed by atoms with van der Waals surface area (Å²) >= 11 is 0. The molecule has 2 aliphatic heterocycles. The van der Waals surface area contributed by atoms with Crippen LogP contribution < -0.4 is 4.90 Å².